The first-order valence-electron chi connectivity index (χ1n) is 6.49. The lowest BCUT2D eigenvalue weighted by Crippen LogP contribution is -2.35. The fourth-order valence-electron chi connectivity index (χ4n) is 2.49. The van der Waals surface area contributed by atoms with Crippen LogP contribution in [-0.2, 0) is 19.5 Å². The minimum absolute atomic E-state index is 0.150. The third kappa shape index (κ3) is 2.50. The van der Waals surface area contributed by atoms with Crippen molar-refractivity contribution in [2.75, 3.05) is 12.3 Å². The SMILES string of the molecule is Nc1nc2c(c(=O)[nH]1)CN(Cc1ccc(O)cc1)CC2. The van der Waals surface area contributed by atoms with E-state index in [4.69, 9.17) is 5.73 Å². The zero-order valence-corrected chi connectivity index (χ0v) is 11.0. The Morgan fingerprint density at radius 3 is 2.85 bits per heavy atom. The van der Waals surface area contributed by atoms with Gasteiger partial charge < -0.3 is 10.8 Å². The molecule has 0 saturated heterocycles. The van der Waals surface area contributed by atoms with E-state index in [0.717, 1.165) is 30.8 Å². The Morgan fingerprint density at radius 2 is 2.10 bits per heavy atom. The van der Waals surface area contributed by atoms with Gasteiger partial charge in [0, 0.05) is 26.1 Å². The van der Waals surface area contributed by atoms with Crippen molar-refractivity contribution >= 4 is 5.95 Å². The molecule has 0 bridgehead atoms. The maximum Gasteiger partial charge on any atom is 0.257 e. The molecule has 4 N–H and O–H groups in total. The summed E-state index contributed by atoms with van der Waals surface area (Å²) in [6.45, 7) is 2.14. The zero-order valence-electron chi connectivity index (χ0n) is 11.0. The number of hydrogen-bond acceptors (Lipinski definition) is 5. The lowest BCUT2D eigenvalue weighted by Gasteiger charge is -2.27. The highest BCUT2D eigenvalue weighted by atomic mass is 16.3. The summed E-state index contributed by atoms with van der Waals surface area (Å²) in [6, 6.07) is 7.11. The predicted octanol–water partition coefficient (Wildman–Crippen LogP) is 0.616. The Balaban J connectivity index is 1.79. The number of aromatic amines is 1. The average Bonchev–Trinajstić information content (AvgIpc) is 2.42. The summed E-state index contributed by atoms with van der Waals surface area (Å²) in [6.07, 6.45) is 0.724. The Labute approximate surface area is 115 Å². The molecule has 1 aromatic heterocycles. The van der Waals surface area contributed by atoms with Crippen LogP contribution in [0.5, 0.6) is 5.75 Å². The van der Waals surface area contributed by atoms with Crippen LogP contribution in [-0.4, -0.2) is 26.5 Å². The van der Waals surface area contributed by atoms with Crippen molar-refractivity contribution in [3.63, 3.8) is 0 Å². The van der Waals surface area contributed by atoms with Crippen molar-refractivity contribution in [2.24, 2.45) is 0 Å². The Hall–Kier alpha value is -2.34. The lowest BCUT2D eigenvalue weighted by atomic mass is 10.1. The average molecular weight is 272 g/mol. The molecule has 6 heteroatoms. The molecule has 20 heavy (non-hydrogen) atoms. The number of aromatic nitrogens is 2. The fourth-order valence-corrected chi connectivity index (χ4v) is 2.49. The number of nitrogen functional groups attached to an aromatic ring is 1. The molecular formula is C14H16N4O2. The quantitative estimate of drug-likeness (QED) is 0.744. The lowest BCUT2D eigenvalue weighted by molar-refractivity contribution is 0.242. The van der Waals surface area contributed by atoms with Crippen molar-refractivity contribution in [2.45, 2.75) is 19.5 Å². The molecule has 104 valence electrons. The summed E-state index contributed by atoms with van der Waals surface area (Å²) in [5.74, 6) is 0.439. The smallest absolute Gasteiger partial charge is 0.257 e. The maximum atomic E-state index is 11.9. The van der Waals surface area contributed by atoms with Crippen molar-refractivity contribution < 1.29 is 5.11 Å². The van der Waals surface area contributed by atoms with Gasteiger partial charge >= 0.3 is 0 Å². The third-order valence-corrected chi connectivity index (χ3v) is 3.51. The van der Waals surface area contributed by atoms with Crippen LogP contribution in [0, 0.1) is 0 Å². The van der Waals surface area contributed by atoms with Crippen molar-refractivity contribution in [1.29, 1.82) is 0 Å². The van der Waals surface area contributed by atoms with Crippen LogP contribution in [0.15, 0.2) is 29.1 Å². The van der Waals surface area contributed by atoms with Gasteiger partial charge in [0.15, 0.2) is 0 Å². The first-order valence-corrected chi connectivity index (χ1v) is 6.49. The predicted molar refractivity (Wildman–Crippen MR) is 75.2 cm³/mol. The number of phenols is 1. The Kier molecular flexibility index (Phi) is 3.15. The number of fused-ring (bicyclic) bond motifs is 1. The molecule has 2 heterocycles. The topological polar surface area (TPSA) is 95.2 Å². The monoisotopic (exact) mass is 272 g/mol. The summed E-state index contributed by atoms with van der Waals surface area (Å²) in [7, 11) is 0. The van der Waals surface area contributed by atoms with E-state index in [2.05, 4.69) is 14.9 Å². The summed E-state index contributed by atoms with van der Waals surface area (Å²) >= 11 is 0. The molecule has 0 radical (unpaired) electrons. The highest BCUT2D eigenvalue weighted by Gasteiger charge is 2.20. The normalized spacial score (nSPS) is 15.0. The van der Waals surface area contributed by atoms with E-state index in [0.29, 0.717) is 12.1 Å². The number of nitrogens with zero attached hydrogens (tertiary/aromatic N) is 2. The van der Waals surface area contributed by atoms with E-state index >= 15 is 0 Å². The molecule has 6 nitrogen and oxygen atoms in total. The second kappa shape index (κ2) is 4.97. The summed E-state index contributed by atoms with van der Waals surface area (Å²) in [5.41, 5.74) is 8.00. The van der Waals surface area contributed by atoms with E-state index < -0.39 is 0 Å². The fraction of sp³-hybridized carbons (Fsp3) is 0.286. The zero-order chi connectivity index (χ0) is 14.1. The van der Waals surface area contributed by atoms with Crippen LogP contribution in [0.4, 0.5) is 5.95 Å². The first-order chi connectivity index (χ1) is 9.61. The van der Waals surface area contributed by atoms with Gasteiger partial charge in [0.2, 0.25) is 5.95 Å². The number of H-pyrrole nitrogens is 1. The van der Waals surface area contributed by atoms with Gasteiger partial charge in [0.05, 0.1) is 11.3 Å². The number of benzene rings is 1. The number of nitrogens with one attached hydrogen (secondary N) is 1. The van der Waals surface area contributed by atoms with Gasteiger partial charge in [-0.3, -0.25) is 14.7 Å². The Morgan fingerprint density at radius 1 is 1.35 bits per heavy atom. The largest absolute Gasteiger partial charge is 0.508 e. The van der Waals surface area contributed by atoms with Crippen LogP contribution in [0.1, 0.15) is 16.8 Å². The number of aromatic hydroxyl groups is 1. The van der Waals surface area contributed by atoms with E-state index in [9.17, 15) is 9.90 Å². The molecule has 1 aromatic carbocycles. The first kappa shape index (κ1) is 12.7. The van der Waals surface area contributed by atoms with E-state index in [1.807, 2.05) is 12.1 Å². The molecule has 3 rings (SSSR count). The molecule has 0 amide bonds. The highest BCUT2D eigenvalue weighted by molar-refractivity contribution is 5.28. The number of rotatable bonds is 2. The molecule has 2 aromatic rings. The van der Waals surface area contributed by atoms with E-state index in [1.165, 1.54) is 0 Å². The number of phenolic OH excluding ortho intramolecular Hbond substituents is 1. The second-order valence-corrected chi connectivity index (χ2v) is 5.00. The minimum atomic E-state index is -0.150. The van der Waals surface area contributed by atoms with Crippen LogP contribution in [0.2, 0.25) is 0 Å². The molecule has 0 fully saturated rings. The van der Waals surface area contributed by atoms with Gasteiger partial charge in [-0.25, -0.2) is 4.98 Å². The second-order valence-electron chi connectivity index (χ2n) is 5.00. The van der Waals surface area contributed by atoms with Crippen molar-refractivity contribution in [1.82, 2.24) is 14.9 Å². The molecule has 0 saturated carbocycles. The molecular weight excluding hydrogens is 256 g/mol. The highest BCUT2D eigenvalue weighted by Crippen LogP contribution is 2.18. The molecule has 0 aliphatic carbocycles. The minimum Gasteiger partial charge on any atom is -0.508 e. The summed E-state index contributed by atoms with van der Waals surface area (Å²) < 4.78 is 0. The van der Waals surface area contributed by atoms with Crippen LogP contribution in [0.3, 0.4) is 0 Å². The molecule has 0 spiro atoms. The van der Waals surface area contributed by atoms with E-state index in [-0.39, 0.29) is 17.3 Å². The van der Waals surface area contributed by atoms with Gasteiger partial charge in [0.1, 0.15) is 5.75 Å². The standard InChI is InChI=1S/C14H16N4O2/c15-14-16-12-5-6-18(8-11(12)13(20)17-14)7-9-1-3-10(19)4-2-9/h1-4,19H,5-8H2,(H3,15,16,17,20). The van der Waals surface area contributed by atoms with Gasteiger partial charge in [-0.15, -0.1) is 0 Å². The number of nitrogens with two attached hydrogens (primary N) is 1. The van der Waals surface area contributed by atoms with Gasteiger partial charge in [0.25, 0.3) is 5.56 Å². The van der Waals surface area contributed by atoms with Crippen molar-refractivity contribution in [3.8, 4) is 5.75 Å². The molecule has 0 atom stereocenters. The van der Waals surface area contributed by atoms with Gasteiger partial charge in [-0.05, 0) is 17.7 Å². The van der Waals surface area contributed by atoms with Crippen LogP contribution in [0.25, 0.3) is 0 Å². The third-order valence-electron chi connectivity index (χ3n) is 3.51. The van der Waals surface area contributed by atoms with Crippen LogP contribution < -0.4 is 11.3 Å². The van der Waals surface area contributed by atoms with Gasteiger partial charge in [-0.1, -0.05) is 12.1 Å². The molecule has 1 aliphatic rings. The number of hydrogen-bond donors (Lipinski definition) is 3. The van der Waals surface area contributed by atoms with E-state index in [1.54, 1.807) is 12.1 Å². The molecule has 0 unspecified atom stereocenters. The maximum absolute atomic E-state index is 11.9. The van der Waals surface area contributed by atoms with Crippen LogP contribution >= 0.6 is 0 Å². The van der Waals surface area contributed by atoms with Gasteiger partial charge in [-0.2, -0.15) is 0 Å². The number of anilines is 1. The Bertz CT molecular complexity index is 679. The summed E-state index contributed by atoms with van der Waals surface area (Å²) in [5, 5.41) is 9.28. The summed E-state index contributed by atoms with van der Waals surface area (Å²) in [4.78, 5) is 20.8. The van der Waals surface area contributed by atoms with Crippen molar-refractivity contribution in [3.05, 3.63) is 51.4 Å². The molecule has 1 aliphatic heterocycles.